The standard InChI is InChI=1S/C33H38ClF2N9O5S/c1-33(2,3)11-12-38-31(37)45(29(46)21-7-5-20(6-8-21)23-14-41-44(15-23)30(35)36)27(18-50-32(47)43-16-24(17-43)51(4,48)49)22-9-10-26(34)25(13-22)28-39-19-40-42-28/h5-10,13-15,19,24,27,30H,11-12,16-18H2,1-4H3,(H2,37,38)(H,39,40,42)/t27-/m1/s1. The molecule has 51 heavy (non-hydrogen) atoms. The highest BCUT2D eigenvalue weighted by atomic mass is 35.5. The zero-order chi connectivity index (χ0) is 37.1. The van der Waals surface area contributed by atoms with Gasteiger partial charge in [0.05, 0.1) is 22.5 Å². The van der Waals surface area contributed by atoms with Crippen molar-refractivity contribution < 1.29 is 31.5 Å². The van der Waals surface area contributed by atoms with Gasteiger partial charge in [-0.05, 0) is 47.2 Å². The van der Waals surface area contributed by atoms with E-state index in [9.17, 15) is 26.8 Å². The van der Waals surface area contributed by atoms with E-state index in [1.807, 2.05) is 20.8 Å². The smallest absolute Gasteiger partial charge is 0.409 e. The molecule has 1 aliphatic rings. The second-order valence-electron chi connectivity index (χ2n) is 13.3. The fourth-order valence-electron chi connectivity index (χ4n) is 5.21. The first-order chi connectivity index (χ1) is 24.0. The Hall–Kier alpha value is -4.90. The average Bonchev–Trinajstić information content (AvgIpc) is 3.75. The van der Waals surface area contributed by atoms with Crippen LogP contribution in [0.25, 0.3) is 22.5 Å². The summed E-state index contributed by atoms with van der Waals surface area (Å²) in [7, 11) is -3.35. The molecule has 2 amide bonds. The summed E-state index contributed by atoms with van der Waals surface area (Å²) < 4.78 is 56.4. The van der Waals surface area contributed by atoms with Gasteiger partial charge in [0.15, 0.2) is 21.6 Å². The zero-order valence-electron chi connectivity index (χ0n) is 28.3. The zero-order valence-corrected chi connectivity index (χ0v) is 29.9. The molecule has 1 aliphatic heterocycles. The summed E-state index contributed by atoms with van der Waals surface area (Å²) >= 11 is 6.53. The van der Waals surface area contributed by atoms with E-state index >= 15 is 0 Å². The third kappa shape index (κ3) is 9.07. The number of aromatic nitrogens is 5. The predicted octanol–water partition coefficient (Wildman–Crippen LogP) is 5.18. The van der Waals surface area contributed by atoms with Gasteiger partial charge in [-0.2, -0.15) is 19.0 Å². The lowest BCUT2D eigenvalue weighted by Gasteiger charge is -2.38. The number of likely N-dealkylation sites (tertiary alicyclic amines) is 1. The number of amides is 2. The number of ether oxygens (including phenoxy) is 1. The molecule has 272 valence electrons. The Morgan fingerprint density at radius 3 is 2.45 bits per heavy atom. The van der Waals surface area contributed by atoms with Gasteiger partial charge in [0, 0.05) is 48.8 Å². The van der Waals surface area contributed by atoms with Crippen LogP contribution in [-0.2, 0) is 14.6 Å². The van der Waals surface area contributed by atoms with Gasteiger partial charge in [-0.1, -0.05) is 50.6 Å². The monoisotopic (exact) mass is 745 g/mol. The molecule has 0 bridgehead atoms. The number of benzene rings is 2. The topological polar surface area (TPSA) is 182 Å². The van der Waals surface area contributed by atoms with E-state index in [1.54, 1.807) is 30.3 Å². The van der Waals surface area contributed by atoms with E-state index in [0.29, 0.717) is 44.2 Å². The number of aromatic amines is 1. The van der Waals surface area contributed by atoms with Crippen molar-refractivity contribution in [1.82, 2.24) is 34.8 Å². The Kier molecular flexibility index (Phi) is 11.1. The van der Waals surface area contributed by atoms with E-state index in [4.69, 9.17) is 22.1 Å². The van der Waals surface area contributed by atoms with Crippen molar-refractivity contribution >= 4 is 39.4 Å². The Morgan fingerprint density at radius 2 is 1.86 bits per heavy atom. The van der Waals surface area contributed by atoms with Crippen LogP contribution >= 0.6 is 11.6 Å². The van der Waals surface area contributed by atoms with Crippen LogP contribution in [0, 0.1) is 5.41 Å². The number of nitrogens with one attached hydrogen (secondary N) is 1. The van der Waals surface area contributed by atoms with Crippen LogP contribution < -0.4 is 5.73 Å². The molecule has 0 spiro atoms. The average molecular weight is 746 g/mol. The summed E-state index contributed by atoms with van der Waals surface area (Å²) in [6.45, 7) is 3.14. The second kappa shape index (κ2) is 15.1. The van der Waals surface area contributed by atoms with Gasteiger partial charge in [-0.15, -0.1) is 0 Å². The largest absolute Gasteiger partial charge is 0.447 e. The van der Waals surface area contributed by atoms with E-state index in [2.05, 4.69) is 25.3 Å². The van der Waals surface area contributed by atoms with Gasteiger partial charge in [0.1, 0.15) is 12.9 Å². The first-order valence-electron chi connectivity index (χ1n) is 15.8. The highest BCUT2D eigenvalue weighted by molar-refractivity contribution is 7.91. The van der Waals surface area contributed by atoms with Crippen LogP contribution in [0.5, 0.6) is 0 Å². The number of halogens is 3. The van der Waals surface area contributed by atoms with Gasteiger partial charge in [-0.3, -0.25) is 19.8 Å². The summed E-state index contributed by atoms with van der Waals surface area (Å²) in [6.07, 6.45) is 4.78. The molecule has 4 aromatic rings. The molecule has 0 unspecified atom stereocenters. The number of hydrogen-bond acceptors (Lipinski definition) is 9. The van der Waals surface area contributed by atoms with Crippen molar-refractivity contribution in [3.63, 3.8) is 0 Å². The summed E-state index contributed by atoms with van der Waals surface area (Å²) in [5.41, 5.74) is 8.56. The van der Waals surface area contributed by atoms with Crippen molar-refractivity contribution in [2.75, 3.05) is 32.5 Å². The Bertz CT molecular complexity index is 1990. The molecular formula is C33H38ClF2N9O5S. The number of aliphatic imine (C=N–C) groups is 1. The van der Waals surface area contributed by atoms with Crippen molar-refractivity contribution in [1.29, 1.82) is 0 Å². The summed E-state index contributed by atoms with van der Waals surface area (Å²) in [6, 6.07) is 10.1. The third-order valence-electron chi connectivity index (χ3n) is 8.30. The fourth-order valence-corrected chi connectivity index (χ4v) is 6.32. The molecule has 0 saturated carbocycles. The molecule has 2 aromatic carbocycles. The highest BCUT2D eigenvalue weighted by Crippen LogP contribution is 2.33. The molecule has 0 radical (unpaired) electrons. The van der Waals surface area contributed by atoms with Crippen LogP contribution in [0.1, 0.15) is 55.7 Å². The first-order valence-corrected chi connectivity index (χ1v) is 18.2. The number of alkyl halides is 2. The van der Waals surface area contributed by atoms with Crippen LogP contribution in [-0.4, -0.2) is 98.9 Å². The number of H-pyrrole nitrogens is 1. The number of hydrogen-bond donors (Lipinski definition) is 2. The SMILES string of the molecule is CC(C)(C)CCN=C(N)N(C(=O)c1ccc(-c2cnn(C(F)F)c2)cc1)[C@H](COC(=O)N1CC(S(C)(=O)=O)C1)c1ccc(Cl)c(-c2ncn[nH]2)c1. The molecule has 3 N–H and O–H groups in total. The molecule has 3 heterocycles. The predicted molar refractivity (Wildman–Crippen MR) is 187 cm³/mol. The van der Waals surface area contributed by atoms with Gasteiger partial charge in [0.25, 0.3) is 5.91 Å². The number of nitrogens with two attached hydrogens (primary N) is 1. The molecule has 18 heteroatoms. The Labute approximate surface area is 298 Å². The van der Waals surface area contributed by atoms with Gasteiger partial charge < -0.3 is 15.4 Å². The second-order valence-corrected chi connectivity index (χ2v) is 16.0. The number of nitrogens with zero attached hydrogens (tertiary/aromatic N) is 7. The molecule has 1 saturated heterocycles. The molecule has 14 nitrogen and oxygen atoms in total. The van der Waals surface area contributed by atoms with Crippen LogP contribution in [0.3, 0.4) is 0 Å². The fraction of sp³-hybridized carbons (Fsp3) is 0.394. The van der Waals surface area contributed by atoms with Crippen molar-refractivity contribution in [2.45, 2.75) is 45.0 Å². The summed E-state index contributed by atoms with van der Waals surface area (Å²) in [5.74, 6) is -0.398. The van der Waals surface area contributed by atoms with Crippen LogP contribution in [0.2, 0.25) is 5.02 Å². The quantitative estimate of drug-likeness (QED) is 0.154. The van der Waals surface area contributed by atoms with Crippen LogP contribution in [0.4, 0.5) is 13.6 Å². The highest BCUT2D eigenvalue weighted by Gasteiger charge is 2.39. The van der Waals surface area contributed by atoms with E-state index in [-0.39, 0.29) is 36.6 Å². The van der Waals surface area contributed by atoms with Crippen molar-refractivity contribution in [3.8, 4) is 22.5 Å². The summed E-state index contributed by atoms with van der Waals surface area (Å²) in [4.78, 5) is 38.8. The maximum atomic E-state index is 14.5. The van der Waals surface area contributed by atoms with Gasteiger partial charge >= 0.3 is 12.6 Å². The van der Waals surface area contributed by atoms with E-state index in [1.165, 1.54) is 40.7 Å². The lowest BCUT2D eigenvalue weighted by molar-refractivity contribution is 0.0547. The molecule has 1 fully saturated rings. The molecular weight excluding hydrogens is 708 g/mol. The molecule has 0 aliphatic carbocycles. The van der Waals surface area contributed by atoms with Gasteiger partial charge in [-0.25, -0.2) is 22.9 Å². The molecule has 2 aromatic heterocycles. The number of carbonyl (C=O) groups excluding carboxylic acids is 2. The Balaban J connectivity index is 1.53. The van der Waals surface area contributed by atoms with E-state index in [0.717, 1.165) is 6.26 Å². The minimum Gasteiger partial charge on any atom is -0.447 e. The number of carbonyl (C=O) groups is 2. The number of rotatable bonds is 11. The maximum absolute atomic E-state index is 14.5. The van der Waals surface area contributed by atoms with Crippen molar-refractivity contribution in [2.24, 2.45) is 16.1 Å². The normalized spacial score (nSPS) is 14.7. The lowest BCUT2D eigenvalue weighted by Crippen LogP contribution is -2.57. The lowest BCUT2D eigenvalue weighted by atomic mass is 9.92. The minimum atomic E-state index is -3.35. The Morgan fingerprint density at radius 1 is 1.16 bits per heavy atom. The first kappa shape index (κ1) is 37.4. The summed E-state index contributed by atoms with van der Waals surface area (Å²) in [5, 5.41) is 9.96. The van der Waals surface area contributed by atoms with Crippen LogP contribution in [0.15, 0.2) is 66.2 Å². The van der Waals surface area contributed by atoms with Gasteiger partial charge in [0.2, 0.25) is 0 Å². The molecule has 5 rings (SSSR count). The molecule has 1 atom stereocenters. The van der Waals surface area contributed by atoms with Crippen molar-refractivity contribution in [3.05, 3.63) is 77.3 Å². The minimum absolute atomic E-state index is 0.0273. The maximum Gasteiger partial charge on any atom is 0.409 e. The number of sulfone groups is 1. The van der Waals surface area contributed by atoms with E-state index < -0.39 is 46.3 Å². The number of guanidine groups is 1. The third-order valence-corrected chi connectivity index (χ3v) is 10.1.